The predicted octanol–water partition coefficient (Wildman–Crippen LogP) is 1.48. The Balaban J connectivity index is 2.23. The van der Waals surface area contributed by atoms with Gasteiger partial charge < -0.3 is 10.6 Å². The van der Waals surface area contributed by atoms with Gasteiger partial charge in [-0.1, -0.05) is 19.1 Å². The summed E-state index contributed by atoms with van der Waals surface area (Å²) in [6.45, 7) is 5.77. The second-order valence-electron chi connectivity index (χ2n) is 4.26. The molecule has 0 aliphatic heterocycles. The van der Waals surface area contributed by atoms with Crippen molar-refractivity contribution in [3.63, 3.8) is 0 Å². The minimum Gasteiger partial charge on any atom is -0.393 e. The van der Waals surface area contributed by atoms with Gasteiger partial charge in [0.25, 0.3) is 0 Å². The van der Waals surface area contributed by atoms with Gasteiger partial charge in [0.15, 0.2) is 5.65 Å². The topological polar surface area (TPSA) is 59.5 Å². The molecule has 0 radical (unpaired) electrons. The maximum Gasteiger partial charge on any atom is 0.157 e. The van der Waals surface area contributed by atoms with E-state index >= 15 is 0 Å². The molecule has 2 aromatic heterocycles. The van der Waals surface area contributed by atoms with Gasteiger partial charge in [0.1, 0.15) is 5.82 Å². The van der Waals surface area contributed by atoms with Gasteiger partial charge in [-0.15, -0.1) is 0 Å². The highest BCUT2D eigenvalue weighted by molar-refractivity contribution is 7.80. The van der Waals surface area contributed by atoms with Crippen LogP contribution < -0.4 is 10.6 Å². The van der Waals surface area contributed by atoms with Crippen LogP contribution in [0.5, 0.6) is 0 Å². The lowest BCUT2D eigenvalue weighted by Crippen LogP contribution is -2.34. The monoisotopic (exact) mass is 263 g/mol. The van der Waals surface area contributed by atoms with E-state index in [9.17, 15) is 0 Å². The van der Waals surface area contributed by atoms with Gasteiger partial charge in [-0.05, 0) is 13.0 Å². The minimum atomic E-state index is 0.169. The Hall–Kier alpha value is -1.69. The van der Waals surface area contributed by atoms with Gasteiger partial charge in [-0.3, -0.25) is 0 Å². The lowest BCUT2D eigenvalue weighted by molar-refractivity contribution is 0.699. The fourth-order valence-electron chi connectivity index (χ4n) is 1.78. The van der Waals surface area contributed by atoms with Gasteiger partial charge in [-0.25, -0.2) is 9.50 Å². The first-order valence-corrected chi connectivity index (χ1v) is 6.37. The Morgan fingerprint density at radius 2 is 2.33 bits per heavy atom. The zero-order valence-corrected chi connectivity index (χ0v) is 11.4. The first kappa shape index (κ1) is 12.8. The fourth-order valence-corrected chi connectivity index (χ4v) is 1.86. The van der Waals surface area contributed by atoms with Crippen LogP contribution in [0.3, 0.4) is 0 Å². The lowest BCUT2D eigenvalue weighted by Gasteiger charge is -2.25. The molecular weight excluding hydrogens is 246 g/mol. The van der Waals surface area contributed by atoms with Crippen LogP contribution >= 0.6 is 12.2 Å². The number of thiocarbonyl (C=S) groups is 1. The molecule has 2 aromatic rings. The van der Waals surface area contributed by atoms with Gasteiger partial charge in [0.2, 0.25) is 0 Å². The number of nitrogens with two attached hydrogens (primary N) is 1. The number of hydrogen-bond donors (Lipinski definition) is 1. The minimum absolute atomic E-state index is 0.169. The highest BCUT2D eigenvalue weighted by Gasteiger charge is 2.13. The van der Waals surface area contributed by atoms with E-state index in [0.717, 1.165) is 24.6 Å². The number of fused-ring (bicyclic) bond motifs is 1. The first-order valence-electron chi connectivity index (χ1n) is 5.96. The molecule has 0 aromatic carbocycles. The summed E-state index contributed by atoms with van der Waals surface area (Å²) in [5, 5.41) is 4.13. The fraction of sp³-hybridized carbons (Fsp3) is 0.417. The lowest BCUT2D eigenvalue weighted by atomic mass is 10.1. The molecule has 0 aliphatic rings. The van der Waals surface area contributed by atoms with Crippen LogP contribution in [0.2, 0.25) is 0 Å². The molecule has 18 heavy (non-hydrogen) atoms. The van der Waals surface area contributed by atoms with Crippen molar-refractivity contribution in [1.82, 2.24) is 14.6 Å². The van der Waals surface area contributed by atoms with E-state index in [2.05, 4.69) is 21.9 Å². The van der Waals surface area contributed by atoms with Crippen LogP contribution in [0, 0.1) is 5.92 Å². The van der Waals surface area contributed by atoms with Crippen LogP contribution in [-0.4, -0.2) is 32.7 Å². The quantitative estimate of drug-likeness (QED) is 0.828. The van der Waals surface area contributed by atoms with Crippen molar-refractivity contribution < 1.29 is 0 Å². The van der Waals surface area contributed by atoms with Gasteiger partial charge in [0, 0.05) is 31.3 Å². The second kappa shape index (κ2) is 5.30. The zero-order valence-electron chi connectivity index (χ0n) is 10.6. The molecule has 0 fully saturated rings. The maximum atomic E-state index is 5.66. The summed E-state index contributed by atoms with van der Waals surface area (Å²) in [5.41, 5.74) is 6.50. The molecule has 5 nitrogen and oxygen atoms in total. The summed E-state index contributed by atoms with van der Waals surface area (Å²) < 4.78 is 1.74. The molecule has 2 heterocycles. The number of rotatable bonds is 5. The van der Waals surface area contributed by atoms with Gasteiger partial charge in [0.05, 0.1) is 11.2 Å². The second-order valence-corrected chi connectivity index (χ2v) is 4.73. The molecule has 0 aliphatic carbocycles. The number of aromatic nitrogens is 3. The highest BCUT2D eigenvalue weighted by Crippen LogP contribution is 2.14. The van der Waals surface area contributed by atoms with Gasteiger partial charge in [-0.2, -0.15) is 5.10 Å². The number of nitrogens with zero attached hydrogens (tertiary/aromatic N) is 4. The Bertz CT molecular complexity index is 550. The van der Waals surface area contributed by atoms with E-state index in [1.807, 2.05) is 25.3 Å². The highest BCUT2D eigenvalue weighted by atomic mass is 32.1. The molecule has 1 atom stereocenters. The molecule has 2 N–H and O–H groups in total. The van der Waals surface area contributed by atoms with Crippen molar-refractivity contribution in [2.24, 2.45) is 11.7 Å². The third-order valence-corrected chi connectivity index (χ3v) is 3.33. The molecule has 0 amide bonds. The average Bonchev–Trinajstić information content (AvgIpc) is 2.82. The summed E-state index contributed by atoms with van der Waals surface area (Å²) in [6, 6.07) is 3.84. The van der Waals surface area contributed by atoms with E-state index in [4.69, 9.17) is 18.0 Å². The third-order valence-electron chi connectivity index (χ3n) is 2.93. The molecule has 0 spiro atoms. The Morgan fingerprint density at radius 3 is 3.00 bits per heavy atom. The third kappa shape index (κ3) is 2.59. The van der Waals surface area contributed by atoms with E-state index < -0.39 is 0 Å². The summed E-state index contributed by atoms with van der Waals surface area (Å²) in [4.78, 5) is 7.27. The molecule has 2 rings (SSSR count). The predicted molar refractivity (Wildman–Crippen MR) is 76.8 cm³/mol. The molecule has 1 unspecified atom stereocenters. The molecule has 0 saturated carbocycles. The van der Waals surface area contributed by atoms with Crippen molar-refractivity contribution in [2.75, 3.05) is 18.0 Å². The SMILES string of the molecule is CCN(CC(C)C(N)=S)c1ccn2nccc2n1. The van der Waals surface area contributed by atoms with E-state index in [1.54, 1.807) is 10.7 Å². The Kier molecular flexibility index (Phi) is 3.76. The Morgan fingerprint density at radius 1 is 1.56 bits per heavy atom. The van der Waals surface area contributed by atoms with Crippen molar-refractivity contribution in [1.29, 1.82) is 0 Å². The van der Waals surface area contributed by atoms with Crippen LogP contribution in [0.15, 0.2) is 24.5 Å². The first-order chi connectivity index (χ1) is 8.61. The largest absolute Gasteiger partial charge is 0.393 e. The maximum absolute atomic E-state index is 5.66. The van der Waals surface area contributed by atoms with Crippen molar-refractivity contribution in [3.05, 3.63) is 24.5 Å². The molecule has 96 valence electrons. The van der Waals surface area contributed by atoms with Crippen molar-refractivity contribution in [2.45, 2.75) is 13.8 Å². The summed E-state index contributed by atoms with van der Waals surface area (Å²) >= 11 is 5.01. The smallest absolute Gasteiger partial charge is 0.157 e. The van der Waals surface area contributed by atoms with Crippen molar-refractivity contribution in [3.8, 4) is 0 Å². The van der Waals surface area contributed by atoms with E-state index in [0.29, 0.717) is 4.99 Å². The number of anilines is 1. The summed E-state index contributed by atoms with van der Waals surface area (Å²) in [6.07, 6.45) is 3.64. The normalized spacial score (nSPS) is 12.6. The number of hydrogen-bond acceptors (Lipinski definition) is 4. The summed E-state index contributed by atoms with van der Waals surface area (Å²) in [5.74, 6) is 1.09. The van der Waals surface area contributed by atoms with E-state index in [1.165, 1.54) is 0 Å². The van der Waals surface area contributed by atoms with Crippen LogP contribution in [-0.2, 0) is 0 Å². The zero-order chi connectivity index (χ0) is 13.1. The van der Waals surface area contributed by atoms with Crippen LogP contribution in [0.4, 0.5) is 5.82 Å². The van der Waals surface area contributed by atoms with Crippen LogP contribution in [0.1, 0.15) is 13.8 Å². The van der Waals surface area contributed by atoms with Crippen LogP contribution in [0.25, 0.3) is 5.65 Å². The molecule has 6 heteroatoms. The Labute approximate surface area is 112 Å². The molecular formula is C12H17N5S. The van der Waals surface area contributed by atoms with E-state index in [-0.39, 0.29) is 5.92 Å². The molecule has 0 bridgehead atoms. The summed E-state index contributed by atoms with van der Waals surface area (Å²) in [7, 11) is 0. The standard InChI is InChI=1S/C12H17N5S/c1-3-16(8-9(2)12(13)18)10-5-7-17-11(15-10)4-6-14-17/h4-7,9H,3,8H2,1-2H3,(H2,13,18). The average molecular weight is 263 g/mol. The molecule has 0 saturated heterocycles. The van der Waals surface area contributed by atoms with Crippen molar-refractivity contribution >= 4 is 28.7 Å². The van der Waals surface area contributed by atoms with Gasteiger partial charge >= 0.3 is 0 Å².